The Balaban J connectivity index is 2.32. The number of hydrogen-bond acceptors (Lipinski definition) is 4. The van der Waals surface area contributed by atoms with E-state index in [1.165, 1.54) is 0 Å². The van der Waals surface area contributed by atoms with Crippen LogP contribution in [-0.2, 0) is 9.53 Å². The van der Waals surface area contributed by atoms with Crippen molar-refractivity contribution in [1.82, 2.24) is 9.88 Å². The van der Waals surface area contributed by atoms with Gasteiger partial charge in [0.05, 0.1) is 12.6 Å². The van der Waals surface area contributed by atoms with Gasteiger partial charge in [0.15, 0.2) is 5.78 Å². The number of ketones is 1. The molecule has 1 unspecified atom stereocenters. The average molecular weight is 348 g/mol. The first-order valence-electron chi connectivity index (χ1n) is 8.93. The van der Waals surface area contributed by atoms with Crippen molar-refractivity contribution in [3.05, 3.63) is 22.5 Å². The third kappa shape index (κ3) is 3.78. The van der Waals surface area contributed by atoms with Gasteiger partial charge in [0.2, 0.25) is 5.91 Å². The monoisotopic (exact) mass is 348 g/mol. The molecule has 25 heavy (non-hydrogen) atoms. The van der Waals surface area contributed by atoms with Gasteiger partial charge in [0.25, 0.3) is 0 Å². The van der Waals surface area contributed by atoms with E-state index in [1.807, 2.05) is 13.8 Å². The molecule has 0 aliphatic heterocycles. The summed E-state index contributed by atoms with van der Waals surface area (Å²) >= 11 is 0. The van der Waals surface area contributed by atoms with E-state index >= 15 is 0 Å². The van der Waals surface area contributed by atoms with Crippen LogP contribution in [-0.4, -0.2) is 46.2 Å². The molecule has 0 radical (unpaired) electrons. The fourth-order valence-corrected chi connectivity index (χ4v) is 3.30. The van der Waals surface area contributed by atoms with Crippen molar-refractivity contribution < 1.29 is 19.1 Å². The zero-order chi connectivity index (χ0) is 18.9. The molecule has 6 heteroatoms. The first-order valence-corrected chi connectivity index (χ1v) is 8.93. The van der Waals surface area contributed by atoms with Crippen LogP contribution in [0.4, 0.5) is 0 Å². The molecule has 1 amide bonds. The van der Waals surface area contributed by atoms with E-state index in [4.69, 9.17) is 4.74 Å². The summed E-state index contributed by atoms with van der Waals surface area (Å²) in [6, 6.07) is -0.632. The number of hydrogen-bond donors (Lipinski definition) is 1. The molecule has 0 aromatic carbocycles. The lowest BCUT2D eigenvalue weighted by Crippen LogP contribution is -2.48. The van der Waals surface area contributed by atoms with E-state index in [-0.39, 0.29) is 30.3 Å². The minimum absolute atomic E-state index is 0.0484. The summed E-state index contributed by atoms with van der Waals surface area (Å²) in [5, 5.41) is 0. The normalized spacial score (nSPS) is 15.2. The number of H-pyrrole nitrogens is 1. The Morgan fingerprint density at radius 1 is 1.20 bits per heavy atom. The number of Topliss-reactive ketones (excluding diaryl/α,β-unsaturated/α-hetero) is 1. The van der Waals surface area contributed by atoms with E-state index in [2.05, 4.69) is 4.98 Å². The number of ether oxygens (including phenoxy) is 1. The highest BCUT2D eigenvalue weighted by Gasteiger charge is 2.39. The maximum atomic E-state index is 13.1. The number of nitrogens with zero attached hydrogens (tertiary/aromatic N) is 1. The van der Waals surface area contributed by atoms with Crippen LogP contribution < -0.4 is 0 Å². The first-order chi connectivity index (χ1) is 11.7. The number of amides is 1. The van der Waals surface area contributed by atoms with Crippen LogP contribution in [0.5, 0.6) is 0 Å². The third-order valence-corrected chi connectivity index (χ3v) is 4.70. The van der Waals surface area contributed by atoms with E-state index < -0.39 is 12.0 Å². The second-order valence-corrected chi connectivity index (χ2v) is 7.00. The van der Waals surface area contributed by atoms with E-state index in [1.54, 1.807) is 32.6 Å². The van der Waals surface area contributed by atoms with Crippen molar-refractivity contribution in [3.8, 4) is 0 Å². The molecule has 1 aromatic heterocycles. The smallest absolute Gasteiger partial charge is 0.355 e. The Morgan fingerprint density at radius 2 is 1.80 bits per heavy atom. The predicted molar refractivity (Wildman–Crippen MR) is 94.7 cm³/mol. The maximum absolute atomic E-state index is 13.1. The summed E-state index contributed by atoms with van der Waals surface area (Å²) < 4.78 is 5.03. The van der Waals surface area contributed by atoms with Gasteiger partial charge in [-0.25, -0.2) is 4.79 Å². The van der Waals surface area contributed by atoms with Gasteiger partial charge in [0.1, 0.15) is 5.69 Å². The second kappa shape index (κ2) is 7.42. The van der Waals surface area contributed by atoms with Crippen LogP contribution in [0.2, 0.25) is 0 Å². The molecule has 1 saturated carbocycles. The van der Waals surface area contributed by atoms with Gasteiger partial charge in [-0.2, -0.15) is 0 Å². The Morgan fingerprint density at radius 3 is 2.28 bits per heavy atom. The van der Waals surface area contributed by atoms with Crippen LogP contribution in [0.25, 0.3) is 0 Å². The van der Waals surface area contributed by atoms with E-state index in [9.17, 15) is 14.4 Å². The SMILES string of the molecule is CCOC(=O)c1[nH]c(C)c(C(=O)C(C)N(C(=O)C2CC2)C(C)C)c1C. The molecule has 2 rings (SSSR count). The van der Waals surface area contributed by atoms with Crippen LogP contribution >= 0.6 is 0 Å². The number of nitrogens with one attached hydrogen (secondary N) is 1. The van der Waals surface area contributed by atoms with Crippen molar-refractivity contribution >= 4 is 17.7 Å². The van der Waals surface area contributed by atoms with E-state index in [0.29, 0.717) is 22.5 Å². The molecule has 0 spiro atoms. The fourth-order valence-electron chi connectivity index (χ4n) is 3.30. The number of carbonyl (C=O) groups excluding carboxylic acids is 3. The zero-order valence-corrected chi connectivity index (χ0v) is 15.9. The van der Waals surface area contributed by atoms with Crippen molar-refractivity contribution in [1.29, 1.82) is 0 Å². The Labute approximate surface area is 148 Å². The first kappa shape index (κ1) is 19.2. The van der Waals surface area contributed by atoms with Gasteiger partial charge >= 0.3 is 5.97 Å². The van der Waals surface area contributed by atoms with Gasteiger partial charge in [0, 0.05) is 23.2 Å². The van der Waals surface area contributed by atoms with Gasteiger partial charge < -0.3 is 14.6 Å². The number of aromatic amines is 1. The van der Waals surface area contributed by atoms with Crippen molar-refractivity contribution in [2.24, 2.45) is 5.92 Å². The summed E-state index contributed by atoms with van der Waals surface area (Å²) in [4.78, 5) is 42.4. The Hall–Kier alpha value is -2.11. The lowest BCUT2D eigenvalue weighted by molar-refractivity contribution is -0.135. The zero-order valence-electron chi connectivity index (χ0n) is 15.9. The fraction of sp³-hybridized carbons (Fsp3) is 0.632. The molecule has 1 aromatic rings. The third-order valence-electron chi connectivity index (χ3n) is 4.70. The Bertz CT molecular complexity index is 686. The highest BCUT2D eigenvalue weighted by molar-refractivity contribution is 6.06. The topological polar surface area (TPSA) is 79.5 Å². The minimum Gasteiger partial charge on any atom is -0.461 e. The quantitative estimate of drug-likeness (QED) is 0.607. The van der Waals surface area contributed by atoms with Gasteiger partial charge in [-0.15, -0.1) is 0 Å². The average Bonchev–Trinajstić information content (AvgIpc) is 3.32. The molecular weight excluding hydrogens is 320 g/mol. The summed E-state index contributed by atoms with van der Waals surface area (Å²) in [6.45, 7) is 11.1. The lowest BCUT2D eigenvalue weighted by Gasteiger charge is -2.32. The predicted octanol–water partition coefficient (Wildman–Crippen LogP) is 3.03. The van der Waals surface area contributed by atoms with Gasteiger partial charge in [-0.05, 0) is 59.9 Å². The largest absolute Gasteiger partial charge is 0.461 e. The molecule has 0 bridgehead atoms. The van der Waals surface area contributed by atoms with Gasteiger partial charge in [-0.3, -0.25) is 9.59 Å². The van der Waals surface area contributed by atoms with Crippen molar-refractivity contribution in [2.45, 2.75) is 66.5 Å². The maximum Gasteiger partial charge on any atom is 0.355 e. The summed E-state index contributed by atoms with van der Waals surface area (Å²) in [5.74, 6) is -0.512. The molecule has 6 nitrogen and oxygen atoms in total. The highest BCUT2D eigenvalue weighted by Crippen LogP contribution is 2.33. The summed E-state index contributed by atoms with van der Waals surface area (Å²) in [6.07, 6.45) is 1.80. The number of esters is 1. The molecule has 0 saturated heterocycles. The Kier molecular flexibility index (Phi) is 5.70. The van der Waals surface area contributed by atoms with Crippen molar-refractivity contribution in [3.63, 3.8) is 0 Å². The highest BCUT2D eigenvalue weighted by atomic mass is 16.5. The lowest BCUT2D eigenvalue weighted by atomic mass is 9.98. The molecule has 1 N–H and O–H groups in total. The molecule has 1 aliphatic carbocycles. The molecule has 1 fully saturated rings. The molecule has 1 heterocycles. The van der Waals surface area contributed by atoms with Crippen molar-refractivity contribution in [2.75, 3.05) is 6.61 Å². The standard InChI is InChI=1S/C19H28N2O4/c1-7-25-19(24)16-11(4)15(12(5)20-16)17(22)13(6)21(10(2)3)18(23)14-8-9-14/h10,13-14,20H,7-9H2,1-6H3. The summed E-state index contributed by atoms with van der Waals surface area (Å²) in [5.41, 5.74) is 1.99. The molecule has 138 valence electrons. The molecular formula is C19H28N2O4. The number of aromatic nitrogens is 1. The minimum atomic E-state index is -0.573. The molecule has 1 atom stereocenters. The van der Waals surface area contributed by atoms with Gasteiger partial charge in [-0.1, -0.05) is 0 Å². The summed E-state index contributed by atoms with van der Waals surface area (Å²) in [7, 11) is 0. The number of carbonyl (C=O) groups is 3. The van der Waals surface area contributed by atoms with Crippen LogP contribution in [0.3, 0.4) is 0 Å². The number of aryl methyl sites for hydroxylation is 1. The number of rotatable bonds is 7. The second-order valence-electron chi connectivity index (χ2n) is 7.00. The van der Waals surface area contributed by atoms with Crippen LogP contribution in [0.1, 0.15) is 72.6 Å². The molecule has 1 aliphatic rings. The van der Waals surface area contributed by atoms with E-state index in [0.717, 1.165) is 12.8 Å². The van der Waals surface area contributed by atoms with Crippen LogP contribution in [0, 0.1) is 19.8 Å². The van der Waals surface area contributed by atoms with Crippen LogP contribution in [0.15, 0.2) is 0 Å².